The quantitative estimate of drug-likeness (QED) is 0.613. The molecule has 0 aliphatic rings. The molecule has 0 spiro atoms. The van der Waals surface area contributed by atoms with Gasteiger partial charge in [-0.05, 0) is 18.6 Å². The van der Waals surface area contributed by atoms with E-state index in [-0.39, 0.29) is 5.82 Å². The van der Waals surface area contributed by atoms with Gasteiger partial charge >= 0.3 is 0 Å². The molecule has 2 aromatic rings. The summed E-state index contributed by atoms with van der Waals surface area (Å²) in [5.74, 6) is 5.99. The predicted molar refractivity (Wildman–Crippen MR) is 61.3 cm³/mol. The van der Waals surface area contributed by atoms with E-state index in [1.165, 1.54) is 6.07 Å². The number of anilines is 1. The summed E-state index contributed by atoms with van der Waals surface area (Å²) < 4.78 is 13.6. The van der Waals surface area contributed by atoms with Crippen molar-refractivity contribution >= 4 is 16.7 Å². The van der Waals surface area contributed by atoms with Gasteiger partial charge in [0.2, 0.25) is 0 Å². The standard InChI is InChI=1S/C11H13FN4/c1-2-4-9-14-8-6-3-5-7(12)10(8)11(15-9)16-13/h3,5-6H,2,4,13H2,1H3,(H,14,15,16). The number of nitrogens with two attached hydrogens (primary N) is 1. The molecular formula is C11H13FN4. The third-order valence-electron chi connectivity index (χ3n) is 2.33. The largest absolute Gasteiger partial charge is 0.308 e. The zero-order valence-electron chi connectivity index (χ0n) is 9.00. The van der Waals surface area contributed by atoms with E-state index in [1.54, 1.807) is 12.1 Å². The molecule has 5 heteroatoms. The van der Waals surface area contributed by atoms with Gasteiger partial charge in [0.25, 0.3) is 0 Å². The molecule has 0 radical (unpaired) electrons. The fourth-order valence-electron chi connectivity index (χ4n) is 1.63. The number of rotatable bonds is 3. The highest BCUT2D eigenvalue weighted by Crippen LogP contribution is 2.22. The van der Waals surface area contributed by atoms with Crippen LogP contribution in [0.5, 0.6) is 0 Å². The average Bonchev–Trinajstić information content (AvgIpc) is 2.28. The van der Waals surface area contributed by atoms with E-state index >= 15 is 0 Å². The van der Waals surface area contributed by atoms with Crippen LogP contribution in [0, 0.1) is 5.82 Å². The summed E-state index contributed by atoms with van der Waals surface area (Å²) in [6, 6.07) is 4.74. The number of halogens is 1. The van der Waals surface area contributed by atoms with Crippen molar-refractivity contribution in [1.82, 2.24) is 9.97 Å². The van der Waals surface area contributed by atoms with Crippen molar-refractivity contribution in [3.05, 3.63) is 29.8 Å². The molecule has 0 atom stereocenters. The first-order chi connectivity index (χ1) is 7.76. The molecule has 0 aliphatic carbocycles. The molecule has 0 aliphatic heterocycles. The highest BCUT2D eigenvalue weighted by molar-refractivity contribution is 5.89. The number of aryl methyl sites for hydroxylation is 1. The van der Waals surface area contributed by atoms with E-state index < -0.39 is 0 Å². The predicted octanol–water partition coefficient (Wildman–Crippen LogP) is 2.01. The summed E-state index contributed by atoms with van der Waals surface area (Å²) in [4.78, 5) is 8.47. The Labute approximate surface area is 92.7 Å². The molecule has 3 N–H and O–H groups in total. The van der Waals surface area contributed by atoms with Gasteiger partial charge in [-0.2, -0.15) is 0 Å². The first-order valence-corrected chi connectivity index (χ1v) is 5.18. The Morgan fingerprint density at radius 3 is 2.88 bits per heavy atom. The van der Waals surface area contributed by atoms with Crippen LogP contribution in [0.4, 0.5) is 10.2 Å². The third-order valence-corrected chi connectivity index (χ3v) is 2.33. The van der Waals surface area contributed by atoms with Crippen molar-refractivity contribution < 1.29 is 4.39 Å². The molecule has 0 saturated heterocycles. The minimum atomic E-state index is -0.367. The van der Waals surface area contributed by atoms with Crippen molar-refractivity contribution in [2.24, 2.45) is 5.84 Å². The smallest absolute Gasteiger partial charge is 0.154 e. The van der Waals surface area contributed by atoms with Crippen LogP contribution in [-0.2, 0) is 6.42 Å². The Morgan fingerprint density at radius 1 is 1.38 bits per heavy atom. The Kier molecular flexibility index (Phi) is 2.96. The molecule has 1 aromatic heterocycles. The lowest BCUT2D eigenvalue weighted by Gasteiger charge is -2.07. The van der Waals surface area contributed by atoms with Crippen molar-refractivity contribution in [3.8, 4) is 0 Å². The van der Waals surface area contributed by atoms with Crippen LogP contribution < -0.4 is 11.3 Å². The van der Waals surface area contributed by atoms with E-state index in [2.05, 4.69) is 15.4 Å². The van der Waals surface area contributed by atoms with Gasteiger partial charge in [0.1, 0.15) is 11.6 Å². The van der Waals surface area contributed by atoms with Gasteiger partial charge in [0.05, 0.1) is 10.9 Å². The van der Waals surface area contributed by atoms with Gasteiger partial charge in [0, 0.05) is 6.42 Å². The fraction of sp³-hybridized carbons (Fsp3) is 0.273. The first-order valence-electron chi connectivity index (χ1n) is 5.18. The summed E-state index contributed by atoms with van der Waals surface area (Å²) >= 11 is 0. The number of aromatic nitrogens is 2. The van der Waals surface area contributed by atoms with E-state index in [0.29, 0.717) is 22.5 Å². The number of nitrogens with zero attached hydrogens (tertiary/aromatic N) is 2. The summed E-state index contributed by atoms with van der Waals surface area (Å²) in [5, 5.41) is 0.338. The van der Waals surface area contributed by atoms with Crippen LogP contribution in [0.25, 0.3) is 10.9 Å². The Bertz CT molecular complexity index is 513. The third kappa shape index (κ3) is 1.81. The molecule has 0 unspecified atom stereocenters. The Balaban J connectivity index is 2.68. The zero-order chi connectivity index (χ0) is 11.5. The van der Waals surface area contributed by atoms with Crippen LogP contribution in [0.15, 0.2) is 18.2 Å². The van der Waals surface area contributed by atoms with Crippen molar-refractivity contribution in [2.45, 2.75) is 19.8 Å². The summed E-state index contributed by atoms with van der Waals surface area (Å²) in [6.07, 6.45) is 1.69. The number of fused-ring (bicyclic) bond motifs is 1. The highest BCUT2D eigenvalue weighted by atomic mass is 19.1. The number of nitrogen functional groups attached to an aromatic ring is 1. The molecule has 4 nitrogen and oxygen atoms in total. The first kappa shape index (κ1) is 10.8. The molecule has 0 amide bonds. The van der Waals surface area contributed by atoms with E-state index in [9.17, 15) is 4.39 Å². The number of hydrazine groups is 1. The monoisotopic (exact) mass is 220 g/mol. The number of nitrogens with one attached hydrogen (secondary N) is 1. The normalized spacial score (nSPS) is 10.7. The number of benzene rings is 1. The van der Waals surface area contributed by atoms with Crippen LogP contribution in [-0.4, -0.2) is 9.97 Å². The van der Waals surface area contributed by atoms with Gasteiger partial charge in [-0.25, -0.2) is 20.2 Å². The topological polar surface area (TPSA) is 63.8 Å². The summed E-state index contributed by atoms with van der Waals surface area (Å²) in [7, 11) is 0. The van der Waals surface area contributed by atoms with Gasteiger partial charge < -0.3 is 5.43 Å². The van der Waals surface area contributed by atoms with Gasteiger partial charge in [-0.3, -0.25) is 0 Å². The lowest BCUT2D eigenvalue weighted by atomic mass is 10.2. The maximum Gasteiger partial charge on any atom is 0.154 e. The lowest BCUT2D eigenvalue weighted by molar-refractivity contribution is 0.639. The van der Waals surface area contributed by atoms with Crippen molar-refractivity contribution in [3.63, 3.8) is 0 Å². The molecule has 2 rings (SSSR count). The molecule has 84 valence electrons. The van der Waals surface area contributed by atoms with E-state index in [0.717, 1.165) is 12.8 Å². The second-order valence-corrected chi connectivity index (χ2v) is 3.52. The average molecular weight is 220 g/mol. The fourth-order valence-corrected chi connectivity index (χ4v) is 1.63. The minimum absolute atomic E-state index is 0.338. The molecule has 1 heterocycles. The van der Waals surface area contributed by atoms with Gasteiger partial charge in [-0.1, -0.05) is 13.0 Å². The molecule has 1 aromatic carbocycles. The van der Waals surface area contributed by atoms with Crippen molar-refractivity contribution in [1.29, 1.82) is 0 Å². The molecule has 0 fully saturated rings. The van der Waals surface area contributed by atoms with Crippen LogP contribution in [0.3, 0.4) is 0 Å². The summed E-state index contributed by atoms with van der Waals surface area (Å²) in [5.41, 5.74) is 2.99. The SMILES string of the molecule is CCCc1nc(NN)c2c(F)cccc2n1. The van der Waals surface area contributed by atoms with E-state index in [1.807, 2.05) is 6.92 Å². The van der Waals surface area contributed by atoms with Crippen molar-refractivity contribution in [2.75, 3.05) is 5.43 Å². The molecule has 0 saturated carbocycles. The number of hydrogen-bond donors (Lipinski definition) is 2. The Hall–Kier alpha value is -1.75. The maximum absolute atomic E-state index is 13.6. The Morgan fingerprint density at radius 2 is 2.19 bits per heavy atom. The zero-order valence-corrected chi connectivity index (χ0v) is 9.00. The highest BCUT2D eigenvalue weighted by Gasteiger charge is 2.10. The lowest BCUT2D eigenvalue weighted by Crippen LogP contribution is -2.11. The van der Waals surface area contributed by atoms with E-state index in [4.69, 9.17) is 5.84 Å². The summed E-state index contributed by atoms with van der Waals surface area (Å²) in [6.45, 7) is 2.04. The van der Waals surface area contributed by atoms with Crippen LogP contribution in [0.2, 0.25) is 0 Å². The molecule has 0 bridgehead atoms. The molecular weight excluding hydrogens is 207 g/mol. The maximum atomic E-state index is 13.6. The second-order valence-electron chi connectivity index (χ2n) is 3.52. The van der Waals surface area contributed by atoms with Gasteiger partial charge in [0.15, 0.2) is 5.82 Å². The van der Waals surface area contributed by atoms with Crippen LogP contribution >= 0.6 is 0 Å². The number of hydrogen-bond acceptors (Lipinski definition) is 4. The minimum Gasteiger partial charge on any atom is -0.308 e. The van der Waals surface area contributed by atoms with Crippen LogP contribution in [0.1, 0.15) is 19.2 Å². The molecule has 16 heavy (non-hydrogen) atoms. The van der Waals surface area contributed by atoms with Gasteiger partial charge in [-0.15, -0.1) is 0 Å². The second kappa shape index (κ2) is 4.40.